The van der Waals surface area contributed by atoms with Crippen molar-refractivity contribution in [3.8, 4) is 5.75 Å². The van der Waals surface area contributed by atoms with Gasteiger partial charge in [-0.2, -0.15) is 0 Å². The first-order valence-corrected chi connectivity index (χ1v) is 2.13. The molecular weight excluding hydrogens is 297 g/mol. The van der Waals surface area contributed by atoms with E-state index >= 15 is 0 Å². The Balaban J connectivity index is 0.000000490. The van der Waals surface area contributed by atoms with Crippen molar-refractivity contribution in [2.45, 2.75) is 0 Å². The molecule has 0 bridgehead atoms. The van der Waals surface area contributed by atoms with Gasteiger partial charge in [0.2, 0.25) is 0 Å². The van der Waals surface area contributed by atoms with Gasteiger partial charge in [0.15, 0.2) is 0 Å². The van der Waals surface area contributed by atoms with Gasteiger partial charge in [-0.25, -0.2) is 0 Å². The Labute approximate surface area is 67.5 Å². The third-order valence-electron chi connectivity index (χ3n) is 0.756. The van der Waals surface area contributed by atoms with Crippen molar-refractivity contribution in [1.82, 2.24) is 0 Å². The first-order chi connectivity index (χ1) is 3.39. The van der Waals surface area contributed by atoms with Crippen molar-refractivity contribution in [2.24, 2.45) is 0 Å². The Kier molecular flexibility index (Phi) is 3.80. The molecule has 0 unspecified atom stereocenters. The fraction of sp³-hybridized carbons (Fsp3) is 0. The smallest absolute Gasteiger partial charge is 0.115 e. The summed E-state index contributed by atoms with van der Waals surface area (Å²) >= 11 is 0. The van der Waals surface area contributed by atoms with Gasteiger partial charge in [0.05, 0.1) is 0 Å². The Morgan fingerprint density at radius 2 is 1.50 bits per heavy atom. The number of phenols is 1. The number of hydrogen-bond donors (Lipinski definition) is 1. The molecule has 0 aliphatic rings. The Morgan fingerprint density at radius 1 is 1.00 bits per heavy atom. The summed E-state index contributed by atoms with van der Waals surface area (Å²) in [6.07, 6.45) is 0. The molecule has 0 heterocycles. The van der Waals surface area contributed by atoms with Crippen LogP contribution >= 0.6 is 0 Å². The van der Waals surface area contributed by atoms with Crippen LogP contribution in [0.15, 0.2) is 30.3 Å². The van der Waals surface area contributed by atoms with Gasteiger partial charge in [-0.1, -0.05) is 18.2 Å². The van der Waals surface area contributed by atoms with Crippen molar-refractivity contribution in [3.63, 3.8) is 0 Å². The van der Waals surface area contributed by atoms with Gasteiger partial charge in [-0.05, 0) is 12.1 Å². The largest absolute Gasteiger partial charge is 0.508 e. The van der Waals surface area contributed by atoms with Gasteiger partial charge in [-0.15, -0.1) is 0 Å². The van der Waals surface area contributed by atoms with Gasteiger partial charge in [0, 0.05) is 26.2 Å². The second-order valence-corrected chi connectivity index (χ2v) is 1.34. The van der Waals surface area contributed by atoms with Crippen molar-refractivity contribution in [3.05, 3.63) is 30.3 Å². The van der Waals surface area contributed by atoms with E-state index < -0.39 is 0 Å². The van der Waals surface area contributed by atoms with Crippen LogP contribution in [0.5, 0.6) is 5.75 Å². The molecule has 2 heteroatoms. The number of phenolic OH excluding ortho intramolecular Hbond substituents is 1. The quantitative estimate of drug-likeness (QED) is 0.709. The molecule has 41 valence electrons. The van der Waals surface area contributed by atoms with E-state index in [2.05, 4.69) is 0 Å². The zero-order valence-electron chi connectivity index (χ0n) is 4.28. The monoisotopic (exact) mass is 303 g/mol. The van der Waals surface area contributed by atoms with Crippen molar-refractivity contribution in [2.75, 3.05) is 0 Å². The fourth-order valence-electron chi connectivity index (χ4n) is 0.428. The molecule has 1 N–H and O–H groups in total. The molecule has 3 radical (unpaired) electrons. The van der Waals surface area contributed by atoms with Gasteiger partial charge >= 0.3 is 0 Å². The third-order valence-corrected chi connectivity index (χ3v) is 0.756. The van der Waals surface area contributed by atoms with Crippen LogP contribution in [0.25, 0.3) is 0 Å². The number of para-hydroxylation sites is 1. The maximum atomic E-state index is 8.63. The number of rotatable bonds is 0. The summed E-state index contributed by atoms with van der Waals surface area (Å²) in [5.41, 5.74) is 0. The van der Waals surface area contributed by atoms with Gasteiger partial charge in [0.25, 0.3) is 0 Å². The second kappa shape index (κ2) is 3.85. The number of benzene rings is 1. The van der Waals surface area contributed by atoms with Gasteiger partial charge < -0.3 is 5.11 Å². The average Bonchev–Trinajstić information content (AvgIpc) is 1.69. The second-order valence-electron chi connectivity index (χ2n) is 1.34. The SMILES string of the molecule is Oc1ccccc1.[Bi]. The molecule has 8 heavy (non-hydrogen) atoms. The van der Waals surface area contributed by atoms with Crippen LogP contribution in [0, 0.1) is 0 Å². The summed E-state index contributed by atoms with van der Waals surface area (Å²) in [6.45, 7) is 0. The van der Waals surface area contributed by atoms with Crippen LogP contribution in [-0.2, 0) is 0 Å². The molecular formula is C6H6BiO. The average molecular weight is 303 g/mol. The molecule has 0 aromatic heterocycles. The van der Waals surface area contributed by atoms with Crippen LogP contribution in [0.1, 0.15) is 0 Å². The summed E-state index contributed by atoms with van der Waals surface area (Å²) in [5.74, 6) is 0.322. The minimum Gasteiger partial charge on any atom is -0.508 e. The Hall–Kier alpha value is -0.0969. The van der Waals surface area contributed by atoms with Gasteiger partial charge in [-0.3, -0.25) is 0 Å². The maximum absolute atomic E-state index is 8.63. The summed E-state index contributed by atoms with van der Waals surface area (Å²) in [4.78, 5) is 0. The summed E-state index contributed by atoms with van der Waals surface area (Å²) in [5, 5.41) is 8.63. The number of hydrogen-bond acceptors (Lipinski definition) is 1. The molecule has 0 aliphatic carbocycles. The molecule has 0 fully saturated rings. The number of aromatic hydroxyl groups is 1. The molecule has 1 nitrogen and oxygen atoms in total. The van der Waals surface area contributed by atoms with E-state index in [1.54, 1.807) is 24.3 Å². The van der Waals surface area contributed by atoms with Gasteiger partial charge in [0.1, 0.15) is 5.75 Å². The van der Waals surface area contributed by atoms with E-state index in [0.717, 1.165) is 0 Å². The first kappa shape index (κ1) is 7.90. The maximum Gasteiger partial charge on any atom is 0.115 e. The standard InChI is InChI=1S/C6H6O.Bi/c7-6-4-2-1-3-5-6;/h1-5,7H;. The van der Waals surface area contributed by atoms with Crippen molar-refractivity contribution < 1.29 is 5.11 Å². The van der Waals surface area contributed by atoms with Crippen LogP contribution in [0.3, 0.4) is 0 Å². The molecule has 1 aromatic rings. The van der Waals surface area contributed by atoms with Crippen molar-refractivity contribution >= 4 is 26.2 Å². The summed E-state index contributed by atoms with van der Waals surface area (Å²) in [6, 6.07) is 8.71. The van der Waals surface area contributed by atoms with Crippen LogP contribution in [-0.4, -0.2) is 31.3 Å². The normalized spacial score (nSPS) is 7.50. The van der Waals surface area contributed by atoms with Crippen LogP contribution < -0.4 is 0 Å². The van der Waals surface area contributed by atoms with Crippen LogP contribution in [0.2, 0.25) is 0 Å². The van der Waals surface area contributed by atoms with E-state index in [9.17, 15) is 0 Å². The minimum absolute atomic E-state index is 0. The first-order valence-electron chi connectivity index (χ1n) is 2.13. The predicted molar refractivity (Wildman–Crippen MR) is 33.9 cm³/mol. The molecule has 0 spiro atoms. The predicted octanol–water partition coefficient (Wildman–Crippen LogP) is 1.01. The molecule has 1 rings (SSSR count). The zero-order valence-corrected chi connectivity index (χ0v) is 7.76. The molecule has 0 amide bonds. The van der Waals surface area contributed by atoms with Crippen molar-refractivity contribution in [1.29, 1.82) is 0 Å². The molecule has 0 saturated carbocycles. The van der Waals surface area contributed by atoms with Crippen LogP contribution in [0.4, 0.5) is 0 Å². The van der Waals surface area contributed by atoms with E-state index in [1.165, 1.54) is 0 Å². The minimum atomic E-state index is 0. The zero-order chi connectivity index (χ0) is 5.11. The van der Waals surface area contributed by atoms with E-state index in [0.29, 0.717) is 5.75 Å². The topological polar surface area (TPSA) is 20.2 Å². The van der Waals surface area contributed by atoms with E-state index in [-0.39, 0.29) is 26.2 Å². The Morgan fingerprint density at radius 3 is 1.75 bits per heavy atom. The molecule has 0 aliphatic heterocycles. The van der Waals surface area contributed by atoms with E-state index in [4.69, 9.17) is 5.11 Å². The summed E-state index contributed by atoms with van der Waals surface area (Å²) in [7, 11) is 0. The fourth-order valence-corrected chi connectivity index (χ4v) is 0.428. The third kappa shape index (κ3) is 2.27. The van der Waals surface area contributed by atoms with E-state index in [1.807, 2.05) is 6.07 Å². The summed E-state index contributed by atoms with van der Waals surface area (Å²) < 4.78 is 0. The molecule has 1 aromatic carbocycles. The molecule has 0 atom stereocenters. The Bertz CT molecular complexity index is 138. The molecule has 0 saturated heterocycles.